The monoisotopic (exact) mass is 399 g/mol. The summed E-state index contributed by atoms with van der Waals surface area (Å²) in [4.78, 5) is 15.2. The highest BCUT2D eigenvalue weighted by atomic mass is 19.1. The number of nitrogens with one attached hydrogen (secondary N) is 1. The number of amides is 1. The molecule has 0 spiro atoms. The zero-order valence-electron chi connectivity index (χ0n) is 17.5. The highest BCUT2D eigenvalue weighted by molar-refractivity contribution is 5.90. The van der Waals surface area contributed by atoms with Crippen molar-refractivity contribution in [2.75, 3.05) is 19.6 Å². The van der Waals surface area contributed by atoms with Crippen molar-refractivity contribution >= 4 is 5.91 Å². The zero-order valence-corrected chi connectivity index (χ0v) is 17.5. The van der Waals surface area contributed by atoms with Gasteiger partial charge in [0, 0.05) is 32.1 Å². The fraction of sp³-hybridized carbons (Fsp3) is 0.591. The summed E-state index contributed by atoms with van der Waals surface area (Å²) < 4.78 is 15.0. The third kappa shape index (κ3) is 4.50. The normalized spacial score (nSPS) is 21.7. The van der Waals surface area contributed by atoms with Gasteiger partial charge in [0.15, 0.2) is 0 Å². The quantitative estimate of drug-likeness (QED) is 0.839. The first-order valence-corrected chi connectivity index (χ1v) is 10.5. The van der Waals surface area contributed by atoms with E-state index < -0.39 is 0 Å². The lowest BCUT2D eigenvalue weighted by molar-refractivity contribution is 0.0933. The van der Waals surface area contributed by atoms with Crippen molar-refractivity contribution < 1.29 is 9.18 Å². The molecular formula is C22H30FN5O. The Bertz CT molecular complexity index is 870. The molecule has 1 aromatic heterocycles. The van der Waals surface area contributed by atoms with Gasteiger partial charge in [0.05, 0.1) is 0 Å². The lowest BCUT2D eigenvalue weighted by Crippen LogP contribution is -2.30. The van der Waals surface area contributed by atoms with E-state index in [0.717, 1.165) is 44.0 Å². The van der Waals surface area contributed by atoms with E-state index in [-0.39, 0.29) is 11.7 Å². The zero-order chi connectivity index (χ0) is 20.6. The summed E-state index contributed by atoms with van der Waals surface area (Å²) in [6.45, 7) is 11.2. The molecule has 29 heavy (non-hydrogen) atoms. The number of fused-ring (bicyclic) bond motifs is 3. The van der Waals surface area contributed by atoms with Gasteiger partial charge in [0.25, 0.3) is 5.91 Å². The van der Waals surface area contributed by atoms with Crippen LogP contribution in [0.1, 0.15) is 61.5 Å². The van der Waals surface area contributed by atoms with Crippen molar-refractivity contribution in [2.45, 2.75) is 52.6 Å². The minimum absolute atomic E-state index is 0.228. The fourth-order valence-corrected chi connectivity index (χ4v) is 4.36. The first-order chi connectivity index (χ1) is 13.8. The molecule has 6 nitrogen and oxygen atoms in total. The summed E-state index contributed by atoms with van der Waals surface area (Å²) in [5, 5.41) is 11.5. The lowest BCUT2D eigenvalue weighted by atomic mass is 9.89. The van der Waals surface area contributed by atoms with Crippen molar-refractivity contribution in [1.29, 1.82) is 0 Å². The summed E-state index contributed by atoms with van der Waals surface area (Å²) in [6.07, 6.45) is 2.23. The minimum atomic E-state index is -0.283. The molecule has 2 unspecified atom stereocenters. The van der Waals surface area contributed by atoms with Gasteiger partial charge in [-0.3, -0.25) is 4.79 Å². The van der Waals surface area contributed by atoms with Crippen molar-refractivity contribution in [3.8, 4) is 0 Å². The summed E-state index contributed by atoms with van der Waals surface area (Å²) in [7, 11) is 0. The molecule has 2 aliphatic rings. The van der Waals surface area contributed by atoms with Gasteiger partial charge in [-0.25, -0.2) is 4.39 Å². The first kappa shape index (κ1) is 20.0. The number of halogens is 1. The van der Waals surface area contributed by atoms with Crippen molar-refractivity contribution in [1.82, 2.24) is 25.0 Å². The standard InChI is InChI=1S/C22H30FN5O/c1-22(2,3)9-11-27-13-16-8-10-28-19(18(16)14-27)25-26-20(28)21(29)24-12-15-4-6-17(23)7-5-15/h4-7,16,18H,8-14H2,1-3H3,(H,24,29). The second-order valence-electron chi connectivity index (χ2n) is 9.57. The largest absolute Gasteiger partial charge is 0.345 e. The molecule has 1 N–H and O–H groups in total. The number of aromatic nitrogens is 3. The van der Waals surface area contributed by atoms with E-state index in [4.69, 9.17) is 0 Å². The SMILES string of the molecule is CC(C)(C)CCN1CC2CCn3c(C(=O)NCc4ccc(F)cc4)nnc3C2C1. The Labute approximate surface area is 171 Å². The molecule has 4 rings (SSSR count). The van der Waals surface area contributed by atoms with Gasteiger partial charge >= 0.3 is 0 Å². The predicted molar refractivity (Wildman–Crippen MR) is 109 cm³/mol. The number of rotatable bonds is 5. The van der Waals surface area contributed by atoms with Gasteiger partial charge in [-0.15, -0.1) is 10.2 Å². The summed E-state index contributed by atoms with van der Waals surface area (Å²) in [5.41, 5.74) is 1.19. The van der Waals surface area contributed by atoms with Gasteiger partial charge in [0.2, 0.25) is 5.82 Å². The van der Waals surface area contributed by atoms with E-state index in [2.05, 4.69) is 41.2 Å². The lowest BCUT2D eigenvalue weighted by Gasteiger charge is -2.25. The van der Waals surface area contributed by atoms with Crippen LogP contribution in [0.5, 0.6) is 0 Å². The molecule has 1 amide bonds. The molecule has 1 saturated heterocycles. The maximum Gasteiger partial charge on any atom is 0.289 e. The molecule has 3 heterocycles. The van der Waals surface area contributed by atoms with Crippen LogP contribution in [0.25, 0.3) is 0 Å². The average Bonchev–Trinajstić information content (AvgIpc) is 3.28. The molecule has 0 saturated carbocycles. The topological polar surface area (TPSA) is 63.1 Å². The molecule has 1 aromatic carbocycles. The van der Waals surface area contributed by atoms with Gasteiger partial charge in [-0.1, -0.05) is 32.9 Å². The Morgan fingerprint density at radius 1 is 1.21 bits per heavy atom. The second-order valence-corrected chi connectivity index (χ2v) is 9.57. The highest BCUT2D eigenvalue weighted by Crippen LogP contribution is 2.38. The average molecular weight is 400 g/mol. The van der Waals surface area contributed by atoms with Crippen LogP contribution < -0.4 is 5.32 Å². The maximum atomic E-state index is 13.0. The predicted octanol–water partition coefficient (Wildman–Crippen LogP) is 3.20. The van der Waals surface area contributed by atoms with E-state index in [1.807, 2.05) is 4.57 Å². The number of likely N-dealkylation sites (tertiary alicyclic amines) is 1. The van der Waals surface area contributed by atoms with Crippen LogP contribution in [-0.4, -0.2) is 45.2 Å². The summed E-state index contributed by atoms with van der Waals surface area (Å²) in [5.74, 6) is 1.78. The third-order valence-corrected chi connectivity index (χ3v) is 6.10. The van der Waals surface area contributed by atoms with Gasteiger partial charge < -0.3 is 14.8 Å². The van der Waals surface area contributed by atoms with E-state index >= 15 is 0 Å². The van der Waals surface area contributed by atoms with Crippen LogP contribution >= 0.6 is 0 Å². The number of benzene rings is 1. The van der Waals surface area contributed by atoms with Crippen LogP contribution in [-0.2, 0) is 13.1 Å². The minimum Gasteiger partial charge on any atom is -0.345 e. The van der Waals surface area contributed by atoms with Crippen LogP contribution in [0, 0.1) is 17.2 Å². The van der Waals surface area contributed by atoms with E-state index in [0.29, 0.717) is 29.6 Å². The summed E-state index contributed by atoms with van der Waals surface area (Å²) >= 11 is 0. The molecule has 0 aliphatic carbocycles. The van der Waals surface area contributed by atoms with E-state index in [1.165, 1.54) is 18.6 Å². The van der Waals surface area contributed by atoms with Crippen LogP contribution in [0.4, 0.5) is 4.39 Å². The van der Waals surface area contributed by atoms with E-state index in [9.17, 15) is 9.18 Å². The van der Waals surface area contributed by atoms with Crippen molar-refractivity contribution in [2.24, 2.45) is 11.3 Å². The van der Waals surface area contributed by atoms with Gasteiger partial charge in [-0.05, 0) is 48.4 Å². The van der Waals surface area contributed by atoms with Gasteiger partial charge in [0.1, 0.15) is 11.6 Å². The maximum absolute atomic E-state index is 13.0. The fourth-order valence-electron chi connectivity index (χ4n) is 4.36. The summed E-state index contributed by atoms with van der Waals surface area (Å²) in [6, 6.07) is 6.13. The number of hydrogen-bond acceptors (Lipinski definition) is 4. The van der Waals surface area contributed by atoms with E-state index in [1.54, 1.807) is 12.1 Å². The molecule has 7 heteroatoms. The highest BCUT2D eigenvalue weighted by Gasteiger charge is 2.40. The Balaban J connectivity index is 1.40. The van der Waals surface area contributed by atoms with Crippen molar-refractivity contribution in [3.05, 3.63) is 47.3 Å². The number of nitrogens with zero attached hydrogens (tertiary/aromatic N) is 4. The second kappa shape index (κ2) is 7.86. The third-order valence-electron chi connectivity index (χ3n) is 6.10. The number of carbonyl (C=O) groups excluding carboxylic acids is 1. The molecule has 0 bridgehead atoms. The molecule has 2 aliphatic heterocycles. The Morgan fingerprint density at radius 2 is 1.97 bits per heavy atom. The first-order valence-electron chi connectivity index (χ1n) is 10.5. The molecule has 0 radical (unpaired) electrons. The van der Waals surface area contributed by atoms with Crippen molar-refractivity contribution in [3.63, 3.8) is 0 Å². The molecule has 1 fully saturated rings. The molecule has 2 atom stereocenters. The Kier molecular flexibility index (Phi) is 5.42. The van der Waals surface area contributed by atoms with Gasteiger partial charge in [-0.2, -0.15) is 0 Å². The number of hydrogen-bond donors (Lipinski definition) is 1. The van der Waals surface area contributed by atoms with Crippen LogP contribution in [0.2, 0.25) is 0 Å². The smallest absolute Gasteiger partial charge is 0.289 e. The van der Waals surface area contributed by atoms with Crippen LogP contribution in [0.15, 0.2) is 24.3 Å². The van der Waals surface area contributed by atoms with Crippen LogP contribution in [0.3, 0.4) is 0 Å². The Hall–Kier alpha value is -2.28. The molecule has 156 valence electrons. The molecule has 2 aromatic rings. The molecular weight excluding hydrogens is 369 g/mol. The Morgan fingerprint density at radius 3 is 2.69 bits per heavy atom. The number of carbonyl (C=O) groups is 1.